The molecule has 0 spiro atoms. The quantitative estimate of drug-likeness (QED) is 0.893. The van der Waals surface area contributed by atoms with Gasteiger partial charge in [-0.1, -0.05) is 6.07 Å². The van der Waals surface area contributed by atoms with Crippen molar-refractivity contribution in [1.29, 1.82) is 0 Å². The lowest BCUT2D eigenvalue weighted by atomic mass is 10.0. The Balaban J connectivity index is 1.34. The zero-order valence-electron chi connectivity index (χ0n) is 15.6. The van der Waals surface area contributed by atoms with Crippen molar-refractivity contribution in [2.75, 3.05) is 29.9 Å². The van der Waals surface area contributed by atoms with Gasteiger partial charge >= 0.3 is 0 Å². The normalized spacial score (nSPS) is 19.9. The van der Waals surface area contributed by atoms with E-state index in [1.807, 2.05) is 36.9 Å². The van der Waals surface area contributed by atoms with E-state index in [1.54, 1.807) is 23.4 Å². The fraction of sp³-hybridized carbons (Fsp3) is 0.400. The summed E-state index contributed by atoms with van der Waals surface area (Å²) in [7, 11) is 0. The standard InChI is InChI=1S/C20H23N5O2/c1-13-4-5-17(8-14(13)2)25-10-15(9-18(25)26)19(27)24-11-16(12-24)23-20-21-6-3-7-22-20/h3-8,15-16H,9-12H2,1-2H3,(H,21,22,23). The number of carbonyl (C=O) groups excluding carboxylic acids is 2. The van der Waals surface area contributed by atoms with Crippen LogP contribution in [-0.2, 0) is 9.59 Å². The Labute approximate surface area is 158 Å². The van der Waals surface area contributed by atoms with E-state index in [-0.39, 0.29) is 30.2 Å². The minimum absolute atomic E-state index is 0.0180. The molecule has 0 bridgehead atoms. The van der Waals surface area contributed by atoms with Crippen LogP contribution < -0.4 is 10.2 Å². The number of amides is 2. The molecule has 7 nitrogen and oxygen atoms in total. The third kappa shape index (κ3) is 3.49. The second kappa shape index (κ2) is 6.98. The number of carbonyl (C=O) groups is 2. The van der Waals surface area contributed by atoms with Crippen molar-refractivity contribution in [3.63, 3.8) is 0 Å². The molecule has 140 valence electrons. The molecule has 2 aliphatic heterocycles. The molecule has 27 heavy (non-hydrogen) atoms. The first-order valence-electron chi connectivity index (χ1n) is 9.21. The maximum absolute atomic E-state index is 12.8. The van der Waals surface area contributed by atoms with Gasteiger partial charge in [0.2, 0.25) is 17.8 Å². The molecule has 3 heterocycles. The molecule has 1 aromatic heterocycles. The molecular formula is C20H23N5O2. The summed E-state index contributed by atoms with van der Waals surface area (Å²) in [6.07, 6.45) is 3.65. The summed E-state index contributed by atoms with van der Waals surface area (Å²) in [6, 6.07) is 7.91. The average molecular weight is 365 g/mol. The van der Waals surface area contributed by atoms with Crippen LogP contribution >= 0.6 is 0 Å². The van der Waals surface area contributed by atoms with Gasteiger partial charge in [-0.3, -0.25) is 9.59 Å². The fourth-order valence-corrected chi connectivity index (χ4v) is 3.58. The molecule has 1 aromatic carbocycles. The van der Waals surface area contributed by atoms with E-state index in [0.29, 0.717) is 25.6 Å². The summed E-state index contributed by atoms with van der Waals surface area (Å²) in [4.78, 5) is 37.0. The summed E-state index contributed by atoms with van der Waals surface area (Å²) >= 11 is 0. The van der Waals surface area contributed by atoms with Crippen LogP contribution in [0, 0.1) is 19.8 Å². The highest BCUT2D eigenvalue weighted by molar-refractivity contribution is 6.00. The van der Waals surface area contributed by atoms with Crippen LogP contribution in [0.4, 0.5) is 11.6 Å². The van der Waals surface area contributed by atoms with Gasteiger partial charge in [-0.2, -0.15) is 0 Å². The van der Waals surface area contributed by atoms with Crippen molar-refractivity contribution < 1.29 is 9.59 Å². The van der Waals surface area contributed by atoms with Crippen LogP contribution in [0.5, 0.6) is 0 Å². The van der Waals surface area contributed by atoms with E-state index in [0.717, 1.165) is 11.3 Å². The molecule has 2 saturated heterocycles. The second-order valence-corrected chi connectivity index (χ2v) is 7.33. The number of hydrogen-bond donors (Lipinski definition) is 1. The predicted molar refractivity (Wildman–Crippen MR) is 102 cm³/mol. The summed E-state index contributed by atoms with van der Waals surface area (Å²) in [5.41, 5.74) is 3.22. The number of hydrogen-bond acceptors (Lipinski definition) is 5. The van der Waals surface area contributed by atoms with E-state index in [4.69, 9.17) is 0 Å². The maximum Gasteiger partial charge on any atom is 0.228 e. The monoisotopic (exact) mass is 365 g/mol. The molecule has 7 heteroatoms. The fourth-order valence-electron chi connectivity index (χ4n) is 3.58. The summed E-state index contributed by atoms with van der Waals surface area (Å²) in [5.74, 6) is 0.380. The molecule has 0 radical (unpaired) electrons. The number of nitrogens with zero attached hydrogens (tertiary/aromatic N) is 4. The first-order valence-corrected chi connectivity index (χ1v) is 9.21. The van der Waals surface area contributed by atoms with E-state index in [1.165, 1.54) is 5.56 Å². The summed E-state index contributed by atoms with van der Waals surface area (Å²) < 4.78 is 0. The summed E-state index contributed by atoms with van der Waals surface area (Å²) in [5, 5.41) is 3.22. The lowest BCUT2D eigenvalue weighted by Gasteiger charge is -2.40. The van der Waals surface area contributed by atoms with Gasteiger partial charge in [0, 0.05) is 44.1 Å². The molecule has 4 rings (SSSR count). The largest absolute Gasteiger partial charge is 0.348 e. The highest BCUT2D eigenvalue weighted by Crippen LogP contribution is 2.29. The number of rotatable bonds is 4. The van der Waals surface area contributed by atoms with Crippen molar-refractivity contribution in [3.8, 4) is 0 Å². The lowest BCUT2D eigenvalue weighted by molar-refractivity contribution is -0.139. The van der Waals surface area contributed by atoms with Gasteiger partial charge in [0.1, 0.15) is 0 Å². The first-order chi connectivity index (χ1) is 13.0. The van der Waals surface area contributed by atoms with Gasteiger partial charge < -0.3 is 15.1 Å². The Kier molecular flexibility index (Phi) is 4.51. The molecule has 1 unspecified atom stereocenters. The molecule has 2 amide bonds. The van der Waals surface area contributed by atoms with Crippen molar-refractivity contribution in [2.24, 2.45) is 5.92 Å². The topological polar surface area (TPSA) is 78.4 Å². The Bertz CT molecular complexity index is 864. The smallest absolute Gasteiger partial charge is 0.228 e. The van der Waals surface area contributed by atoms with E-state index >= 15 is 0 Å². The molecule has 1 atom stereocenters. The first kappa shape index (κ1) is 17.5. The third-order valence-corrected chi connectivity index (χ3v) is 5.37. The summed E-state index contributed by atoms with van der Waals surface area (Å²) in [6.45, 7) is 5.77. The van der Waals surface area contributed by atoms with Gasteiger partial charge in [0.05, 0.1) is 12.0 Å². The number of likely N-dealkylation sites (tertiary alicyclic amines) is 1. The van der Waals surface area contributed by atoms with E-state index in [9.17, 15) is 9.59 Å². The Morgan fingerprint density at radius 3 is 2.56 bits per heavy atom. The molecule has 2 aliphatic rings. The van der Waals surface area contributed by atoms with E-state index in [2.05, 4.69) is 15.3 Å². The van der Waals surface area contributed by atoms with Crippen LogP contribution in [0.25, 0.3) is 0 Å². The van der Waals surface area contributed by atoms with Gasteiger partial charge in [-0.15, -0.1) is 0 Å². The highest BCUT2D eigenvalue weighted by atomic mass is 16.2. The molecule has 0 aliphatic carbocycles. The Hall–Kier alpha value is -2.96. The number of benzene rings is 1. The Morgan fingerprint density at radius 1 is 1.11 bits per heavy atom. The van der Waals surface area contributed by atoms with Crippen molar-refractivity contribution in [3.05, 3.63) is 47.8 Å². The lowest BCUT2D eigenvalue weighted by Crippen LogP contribution is -2.58. The number of aromatic nitrogens is 2. The van der Waals surface area contributed by atoms with Crippen LogP contribution in [0.2, 0.25) is 0 Å². The van der Waals surface area contributed by atoms with Crippen LogP contribution in [0.3, 0.4) is 0 Å². The number of aryl methyl sites for hydroxylation is 2. The zero-order chi connectivity index (χ0) is 19.0. The SMILES string of the molecule is Cc1ccc(N2CC(C(=O)N3CC(Nc4ncccn4)C3)CC2=O)cc1C. The van der Waals surface area contributed by atoms with Crippen LogP contribution in [0.15, 0.2) is 36.7 Å². The zero-order valence-corrected chi connectivity index (χ0v) is 15.6. The maximum atomic E-state index is 12.8. The van der Waals surface area contributed by atoms with Gasteiger partial charge in [0.15, 0.2) is 0 Å². The van der Waals surface area contributed by atoms with Crippen LogP contribution in [-0.4, -0.2) is 52.4 Å². The number of nitrogens with one attached hydrogen (secondary N) is 1. The number of anilines is 2. The van der Waals surface area contributed by atoms with Crippen LogP contribution in [0.1, 0.15) is 17.5 Å². The molecule has 0 saturated carbocycles. The molecule has 2 fully saturated rings. The van der Waals surface area contributed by atoms with Gasteiger partial charge in [-0.25, -0.2) is 9.97 Å². The van der Waals surface area contributed by atoms with Crippen molar-refractivity contribution in [1.82, 2.24) is 14.9 Å². The molecule has 2 aromatic rings. The molecular weight excluding hydrogens is 342 g/mol. The van der Waals surface area contributed by atoms with Crippen molar-refractivity contribution in [2.45, 2.75) is 26.3 Å². The minimum Gasteiger partial charge on any atom is -0.348 e. The van der Waals surface area contributed by atoms with Crippen molar-refractivity contribution >= 4 is 23.5 Å². The van der Waals surface area contributed by atoms with Gasteiger partial charge in [0.25, 0.3) is 0 Å². The van der Waals surface area contributed by atoms with E-state index < -0.39 is 0 Å². The van der Waals surface area contributed by atoms with Gasteiger partial charge in [-0.05, 0) is 43.2 Å². The predicted octanol–water partition coefficient (Wildman–Crippen LogP) is 1.77. The second-order valence-electron chi connectivity index (χ2n) is 7.33. The third-order valence-electron chi connectivity index (χ3n) is 5.37. The molecule has 1 N–H and O–H groups in total. The Morgan fingerprint density at radius 2 is 1.85 bits per heavy atom. The minimum atomic E-state index is -0.270. The average Bonchev–Trinajstić information content (AvgIpc) is 3.02. The highest BCUT2D eigenvalue weighted by Gasteiger charge is 2.41.